The first-order valence-corrected chi connectivity index (χ1v) is 8.20. The monoisotopic (exact) mass is 290 g/mol. The van der Waals surface area contributed by atoms with Gasteiger partial charge in [-0.2, -0.15) is 0 Å². The second-order valence-corrected chi connectivity index (χ2v) is 5.70. The first-order valence-electron chi connectivity index (χ1n) is 8.20. The van der Waals surface area contributed by atoms with Crippen molar-refractivity contribution in [1.29, 1.82) is 0 Å². The molecular weight excluding hydrogens is 264 g/mol. The van der Waals surface area contributed by atoms with E-state index in [0.29, 0.717) is 5.88 Å². The summed E-state index contributed by atoms with van der Waals surface area (Å²) in [4.78, 5) is 16.1. The van der Waals surface area contributed by atoms with Crippen LogP contribution < -0.4 is 10.1 Å². The van der Waals surface area contributed by atoms with Gasteiger partial charge in [-0.15, -0.1) is 0 Å². The maximum atomic E-state index is 11.4. The molecule has 0 saturated carbocycles. The number of hydrogen-bond acceptors (Lipinski definition) is 3. The molecule has 0 atom stereocenters. The maximum absolute atomic E-state index is 11.4. The summed E-state index contributed by atoms with van der Waals surface area (Å²) in [7, 11) is 0. The summed E-state index contributed by atoms with van der Waals surface area (Å²) in [6, 6.07) is 2.07. The van der Waals surface area contributed by atoms with Crippen molar-refractivity contribution in [3.8, 4) is 5.88 Å². The highest BCUT2D eigenvalue weighted by Crippen LogP contribution is 2.29. The molecule has 0 aromatic carbocycles. The van der Waals surface area contributed by atoms with Crippen LogP contribution in [0, 0.1) is 0 Å². The molecular formula is C17H26N2O2. The van der Waals surface area contributed by atoms with Crippen LogP contribution in [0.5, 0.6) is 5.88 Å². The van der Waals surface area contributed by atoms with Crippen LogP contribution in [0.15, 0.2) is 6.07 Å². The number of unbranched alkanes of at least 4 members (excludes halogenated alkanes) is 4. The van der Waals surface area contributed by atoms with Crippen LogP contribution in [0.1, 0.15) is 63.6 Å². The average molecular weight is 290 g/mol. The molecule has 0 aliphatic carbocycles. The van der Waals surface area contributed by atoms with Crippen LogP contribution in [0.25, 0.3) is 0 Å². The number of carbonyl (C=O) groups excluding carboxylic acids is 1. The van der Waals surface area contributed by atoms with Crippen molar-refractivity contribution in [2.75, 3.05) is 11.9 Å². The van der Waals surface area contributed by atoms with Gasteiger partial charge >= 0.3 is 0 Å². The first kappa shape index (κ1) is 15.8. The van der Waals surface area contributed by atoms with Gasteiger partial charge in [-0.05, 0) is 37.3 Å². The second-order valence-electron chi connectivity index (χ2n) is 5.70. The lowest BCUT2D eigenvalue weighted by Crippen LogP contribution is -2.26. The Kier molecular flexibility index (Phi) is 6.03. The molecule has 0 bridgehead atoms. The number of rotatable bonds is 8. The molecule has 116 valence electrons. The third-order valence-corrected chi connectivity index (χ3v) is 3.84. The van der Waals surface area contributed by atoms with Gasteiger partial charge < -0.3 is 10.1 Å². The Morgan fingerprint density at radius 2 is 1.86 bits per heavy atom. The van der Waals surface area contributed by atoms with Gasteiger partial charge in [0.25, 0.3) is 5.91 Å². The van der Waals surface area contributed by atoms with Gasteiger partial charge in [-0.3, -0.25) is 4.79 Å². The van der Waals surface area contributed by atoms with Crippen molar-refractivity contribution in [3.63, 3.8) is 0 Å². The fourth-order valence-electron chi connectivity index (χ4n) is 2.63. The van der Waals surface area contributed by atoms with Gasteiger partial charge in [-0.25, -0.2) is 4.98 Å². The fourth-order valence-corrected chi connectivity index (χ4v) is 2.63. The molecule has 1 N–H and O–H groups in total. The number of hydrogen-bond donors (Lipinski definition) is 1. The SMILES string of the molecule is CCCCCc1cc2c(nc1CCCCC)OCC(=O)N2. The topological polar surface area (TPSA) is 51.2 Å². The van der Waals surface area contributed by atoms with E-state index in [1.165, 1.54) is 37.7 Å². The molecule has 21 heavy (non-hydrogen) atoms. The third kappa shape index (κ3) is 4.45. The van der Waals surface area contributed by atoms with E-state index in [1.54, 1.807) is 0 Å². The Hall–Kier alpha value is -1.58. The zero-order chi connectivity index (χ0) is 15.1. The van der Waals surface area contributed by atoms with Crippen LogP contribution in [0.2, 0.25) is 0 Å². The standard InChI is InChI=1S/C17H26N2O2/c1-3-5-7-9-13-11-15-17(21-12-16(20)18-15)19-14(13)10-8-6-4-2/h11H,3-10,12H2,1-2H3,(H,18,20). The molecule has 0 unspecified atom stereocenters. The van der Waals surface area contributed by atoms with Crippen molar-refractivity contribution < 1.29 is 9.53 Å². The highest BCUT2D eigenvalue weighted by atomic mass is 16.5. The molecule has 0 saturated heterocycles. The molecule has 0 radical (unpaired) electrons. The van der Waals surface area contributed by atoms with E-state index in [9.17, 15) is 4.79 Å². The number of nitrogens with one attached hydrogen (secondary N) is 1. The van der Waals surface area contributed by atoms with E-state index in [4.69, 9.17) is 4.74 Å². The summed E-state index contributed by atoms with van der Waals surface area (Å²) < 4.78 is 5.44. The Morgan fingerprint density at radius 1 is 1.14 bits per heavy atom. The molecule has 4 heteroatoms. The number of aryl methyl sites for hydroxylation is 2. The Morgan fingerprint density at radius 3 is 2.57 bits per heavy atom. The Balaban J connectivity index is 2.16. The smallest absolute Gasteiger partial charge is 0.262 e. The zero-order valence-corrected chi connectivity index (χ0v) is 13.2. The summed E-state index contributed by atoms with van der Waals surface area (Å²) >= 11 is 0. The van der Waals surface area contributed by atoms with Gasteiger partial charge in [-0.1, -0.05) is 39.5 Å². The van der Waals surface area contributed by atoms with E-state index >= 15 is 0 Å². The highest BCUT2D eigenvalue weighted by molar-refractivity contribution is 5.94. The van der Waals surface area contributed by atoms with Gasteiger partial charge in [0.15, 0.2) is 6.61 Å². The minimum Gasteiger partial charge on any atom is -0.466 e. The second kappa shape index (κ2) is 8.01. The lowest BCUT2D eigenvalue weighted by molar-refractivity contribution is -0.118. The Labute approximate surface area is 127 Å². The number of pyridine rings is 1. The molecule has 2 rings (SSSR count). The zero-order valence-electron chi connectivity index (χ0n) is 13.2. The van der Waals surface area contributed by atoms with E-state index in [-0.39, 0.29) is 12.5 Å². The number of carbonyl (C=O) groups is 1. The van der Waals surface area contributed by atoms with E-state index in [0.717, 1.165) is 30.6 Å². The number of anilines is 1. The quantitative estimate of drug-likeness (QED) is 0.739. The molecule has 2 heterocycles. The summed E-state index contributed by atoms with van der Waals surface area (Å²) in [5.74, 6) is 0.489. The molecule has 1 aliphatic rings. The van der Waals surface area contributed by atoms with E-state index in [1.807, 2.05) is 0 Å². The lowest BCUT2D eigenvalue weighted by Gasteiger charge is -2.20. The molecule has 1 amide bonds. The predicted molar refractivity (Wildman–Crippen MR) is 84.8 cm³/mol. The van der Waals surface area contributed by atoms with Crippen LogP contribution >= 0.6 is 0 Å². The van der Waals surface area contributed by atoms with Crippen molar-refractivity contribution >= 4 is 11.6 Å². The van der Waals surface area contributed by atoms with Gasteiger partial charge in [0.2, 0.25) is 5.88 Å². The first-order chi connectivity index (χ1) is 10.2. The number of aromatic nitrogens is 1. The summed E-state index contributed by atoms with van der Waals surface area (Å²) in [6.45, 7) is 4.49. The maximum Gasteiger partial charge on any atom is 0.262 e. The van der Waals surface area contributed by atoms with E-state index < -0.39 is 0 Å². The van der Waals surface area contributed by atoms with Crippen molar-refractivity contribution in [3.05, 3.63) is 17.3 Å². The van der Waals surface area contributed by atoms with Crippen molar-refractivity contribution in [1.82, 2.24) is 4.98 Å². The molecule has 0 fully saturated rings. The van der Waals surface area contributed by atoms with Gasteiger partial charge in [0.1, 0.15) is 5.69 Å². The third-order valence-electron chi connectivity index (χ3n) is 3.84. The van der Waals surface area contributed by atoms with Crippen molar-refractivity contribution in [2.45, 2.75) is 65.2 Å². The van der Waals surface area contributed by atoms with Crippen LogP contribution in [-0.4, -0.2) is 17.5 Å². The fraction of sp³-hybridized carbons (Fsp3) is 0.647. The van der Waals surface area contributed by atoms with Crippen LogP contribution in [0.4, 0.5) is 5.69 Å². The number of nitrogens with zero attached hydrogens (tertiary/aromatic N) is 1. The predicted octanol–water partition coefficient (Wildman–Crippen LogP) is 3.88. The largest absolute Gasteiger partial charge is 0.466 e. The normalized spacial score (nSPS) is 13.5. The molecule has 1 aliphatic heterocycles. The molecule has 4 nitrogen and oxygen atoms in total. The number of fused-ring (bicyclic) bond motifs is 1. The van der Waals surface area contributed by atoms with Gasteiger partial charge in [0.05, 0.1) is 0 Å². The van der Waals surface area contributed by atoms with E-state index in [2.05, 4.69) is 30.2 Å². The highest BCUT2D eigenvalue weighted by Gasteiger charge is 2.19. The summed E-state index contributed by atoms with van der Waals surface area (Å²) in [6.07, 6.45) is 9.25. The molecule has 1 aromatic heterocycles. The molecule has 1 aromatic rings. The summed E-state index contributed by atoms with van der Waals surface area (Å²) in [5.41, 5.74) is 3.15. The minimum atomic E-state index is -0.0949. The van der Waals surface area contributed by atoms with Crippen LogP contribution in [-0.2, 0) is 17.6 Å². The van der Waals surface area contributed by atoms with Crippen LogP contribution in [0.3, 0.4) is 0 Å². The lowest BCUT2D eigenvalue weighted by atomic mass is 10.0. The summed E-state index contributed by atoms with van der Waals surface area (Å²) in [5, 5.41) is 2.86. The average Bonchev–Trinajstić information content (AvgIpc) is 2.48. The number of amides is 1. The van der Waals surface area contributed by atoms with Gasteiger partial charge in [0, 0.05) is 5.69 Å². The number of ether oxygens (including phenoxy) is 1. The Bertz CT molecular complexity index is 486. The minimum absolute atomic E-state index is 0.0730. The molecule has 0 spiro atoms. The van der Waals surface area contributed by atoms with Crippen molar-refractivity contribution in [2.24, 2.45) is 0 Å².